The molecule has 3 rings (SSSR count). The van der Waals surface area contributed by atoms with Gasteiger partial charge in [0.05, 0.1) is 22.7 Å². The topological polar surface area (TPSA) is 80.6 Å². The van der Waals surface area contributed by atoms with E-state index in [4.69, 9.17) is 9.15 Å². The lowest BCUT2D eigenvalue weighted by atomic mass is 10.2. The van der Waals surface area contributed by atoms with E-state index in [-0.39, 0.29) is 17.6 Å². The number of carbonyl (C=O) groups excluding carboxylic acids is 2. The molecule has 1 aromatic carbocycles. The van der Waals surface area contributed by atoms with Crippen molar-refractivity contribution in [2.24, 2.45) is 0 Å². The summed E-state index contributed by atoms with van der Waals surface area (Å²) >= 11 is 1.24. The molecule has 0 bridgehead atoms. The van der Waals surface area contributed by atoms with Crippen LogP contribution in [-0.2, 0) is 0 Å². The van der Waals surface area contributed by atoms with E-state index in [2.05, 4.69) is 10.6 Å². The van der Waals surface area contributed by atoms with Gasteiger partial charge in [0.25, 0.3) is 11.8 Å². The fourth-order valence-electron chi connectivity index (χ4n) is 2.41. The fraction of sp³-hybridized carbons (Fsp3) is 0.200. The summed E-state index contributed by atoms with van der Waals surface area (Å²) < 4.78 is 10.7. The van der Waals surface area contributed by atoms with Crippen molar-refractivity contribution in [2.45, 2.75) is 13.3 Å². The monoisotopic (exact) mass is 384 g/mol. The van der Waals surface area contributed by atoms with Crippen molar-refractivity contribution in [3.63, 3.8) is 0 Å². The highest BCUT2D eigenvalue weighted by atomic mass is 32.1. The molecule has 0 aliphatic rings. The van der Waals surface area contributed by atoms with Crippen molar-refractivity contribution in [3.8, 4) is 5.75 Å². The van der Waals surface area contributed by atoms with Crippen molar-refractivity contribution in [3.05, 3.63) is 71.0 Å². The van der Waals surface area contributed by atoms with Crippen molar-refractivity contribution < 1.29 is 18.7 Å². The van der Waals surface area contributed by atoms with Gasteiger partial charge in [0.15, 0.2) is 5.76 Å². The van der Waals surface area contributed by atoms with Gasteiger partial charge >= 0.3 is 0 Å². The van der Waals surface area contributed by atoms with Crippen LogP contribution in [0.25, 0.3) is 0 Å². The molecule has 0 saturated heterocycles. The number of aryl methyl sites for hydroxylation is 1. The number of carbonyl (C=O) groups is 2. The summed E-state index contributed by atoms with van der Waals surface area (Å²) in [4.78, 5) is 24.9. The molecule has 0 fully saturated rings. The minimum Gasteiger partial charge on any atom is -0.494 e. The van der Waals surface area contributed by atoms with Crippen LogP contribution >= 0.6 is 11.3 Å². The molecular weight excluding hydrogens is 364 g/mol. The van der Waals surface area contributed by atoms with E-state index in [0.717, 1.165) is 11.3 Å². The van der Waals surface area contributed by atoms with E-state index < -0.39 is 0 Å². The quantitative estimate of drug-likeness (QED) is 0.573. The number of para-hydroxylation sites is 1. The third-order valence-electron chi connectivity index (χ3n) is 3.72. The van der Waals surface area contributed by atoms with E-state index in [1.165, 1.54) is 17.6 Å². The highest BCUT2D eigenvalue weighted by Crippen LogP contribution is 2.27. The Morgan fingerprint density at radius 2 is 1.93 bits per heavy atom. The predicted octanol–water partition coefficient (Wildman–Crippen LogP) is 4.10. The molecule has 2 aromatic heterocycles. The minimum absolute atomic E-state index is 0.157. The molecule has 6 nitrogen and oxygen atoms in total. The van der Waals surface area contributed by atoms with Crippen molar-refractivity contribution in [2.75, 3.05) is 18.5 Å². The lowest BCUT2D eigenvalue weighted by Crippen LogP contribution is -2.25. The van der Waals surface area contributed by atoms with E-state index in [1.807, 2.05) is 37.3 Å². The molecule has 2 N–H and O–H groups in total. The van der Waals surface area contributed by atoms with Gasteiger partial charge in [0.2, 0.25) is 0 Å². The van der Waals surface area contributed by atoms with Crippen LogP contribution in [0.2, 0.25) is 0 Å². The Balaban J connectivity index is 1.45. The molecule has 2 amide bonds. The van der Waals surface area contributed by atoms with E-state index in [0.29, 0.717) is 29.5 Å². The van der Waals surface area contributed by atoms with Crippen LogP contribution < -0.4 is 15.4 Å². The molecule has 0 spiro atoms. The van der Waals surface area contributed by atoms with Gasteiger partial charge in [-0.05, 0) is 49.2 Å². The molecule has 0 atom stereocenters. The van der Waals surface area contributed by atoms with Gasteiger partial charge in [-0.15, -0.1) is 11.3 Å². The Morgan fingerprint density at radius 1 is 1.11 bits per heavy atom. The molecule has 2 heterocycles. The summed E-state index contributed by atoms with van der Waals surface area (Å²) in [6.07, 6.45) is 2.14. The van der Waals surface area contributed by atoms with Gasteiger partial charge in [0.1, 0.15) is 5.75 Å². The van der Waals surface area contributed by atoms with E-state index in [1.54, 1.807) is 18.2 Å². The summed E-state index contributed by atoms with van der Waals surface area (Å²) in [7, 11) is 0. The van der Waals surface area contributed by atoms with Gasteiger partial charge in [-0.3, -0.25) is 9.59 Å². The van der Waals surface area contributed by atoms with Crippen LogP contribution in [0, 0.1) is 6.92 Å². The van der Waals surface area contributed by atoms with Gasteiger partial charge in [-0.25, -0.2) is 0 Å². The zero-order chi connectivity index (χ0) is 19.1. The Hall–Kier alpha value is -3.06. The number of ether oxygens (including phenoxy) is 1. The van der Waals surface area contributed by atoms with Crippen LogP contribution in [0.15, 0.2) is 59.2 Å². The lowest BCUT2D eigenvalue weighted by Gasteiger charge is -2.07. The van der Waals surface area contributed by atoms with Crippen molar-refractivity contribution in [1.29, 1.82) is 0 Å². The largest absolute Gasteiger partial charge is 0.494 e. The summed E-state index contributed by atoms with van der Waals surface area (Å²) in [5.41, 5.74) is 0.813. The number of benzene rings is 1. The van der Waals surface area contributed by atoms with Crippen LogP contribution in [-0.4, -0.2) is 25.0 Å². The molecule has 0 unspecified atom stereocenters. The fourth-order valence-corrected chi connectivity index (χ4v) is 3.40. The third kappa shape index (κ3) is 5.21. The maximum atomic E-state index is 12.4. The third-order valence-corrected chi connectivity index (χ3v) is 4.88. The average Bonchev–Trinajstić information content (AvgIpc) is 3.32. The predicted molar refractivity (Wildman–Crippen MR) is 105 cm³/mol. The first-order chi connectivity index (χ1) is 13.1. The smallest absolute Gasteiger partial charge is 0.291 e. The van der Waals surface area contributed by atoms with Gasteiger partial charge in [-0.1, -0.05) is 18.2 Å². The maximum Gasteiger partial charge on any atom is 0.291 e. The lowest BCUT2D eigenvalue weighted by molar-refractivity contribution is 0.0953. The standard InChI is InChI=1S/C20H20N2O4S/c1-14-13-17(22-19(23)16-9-5-11-26-16)27-18(14)20(24)21-10-6-12-25-15-7-3-2-4-8-15/h2-5,7-9,11,13H,6,10,12H2,1H3,(H,21,24)(H,22,23). The molecule has 140 valence electrons. The molecule has 0 saturated carbocycles. The molecule has 0 radical (unpaired) electrons. The Bertz CT molecular complexity index is 888. The molecule has 27 heavy (non-hydrogen) atoms. The number of anilines is 1. The second-order valence-electron chi connectivity index (χ2n) is 5.83. The normalized spacial score (nSPS) is 10.4. The average molecular weight is 384 g/mol. The first kappa shape index (κ1) is 18.7. The molecule has 0 aliphatic heterocycles. The second-order valence-corrected chi connectivity index (χ2v) is 6.88. The Labute approximate surface area is 161 Å². The van der Waals surface area contributed by atoms with Crippen LogP contribution in [0.5, 0.6) is 5.75 Å². The van der Waals surface area contributed by atoms with Gasteiger partial charge in [0, 0.05) is 6.54 Å². The Kier molecular flexibility index (Phi) is 6.27. The van der Waals surface area contributed by atoms with Crippen LogP contribution in [0.3, 0.4) is 0 Å². The van der Waals surface area contributed by atoms with Crippen LogP contribution in [0.4, 0.5) is 5.00 Å². The highest BCUT2D eigenvalue weighted by molar-refractivity contribution is 7.18. The maximum absolute atomic E-state index is 12.4. The molecule has 0 aliphatic carbocycles. The summed E-state index contributed by atoms with van der Waals surface area (Å²) in [6.45, 7) is 2.88. The minimum atomic E-state index is -0.341. The number of hydrogen-bond acceptors (Lipinski definition) is 5. The molecular formula is C20H20N2O4S. The second kappa shape index (κ2) is 9.05. The van der Waals surface area contributed by atoms with Gasteiger partial charge in [-0.2, -0.15) is 0 Å². The Morgan fingerprint density at radius 3 is 2.67 bits per heavy atom. The van der Waals surface area contributed by atoms with Crippen LogP contribution in [0.1, 0.15) is 32.2 Å². The first-order valence-electron chi connectivity index (χ1n) is 8.55. The SMILES string of the molecule is Cc1cc(NC(=O)c2ccco2)sc1C(=O)NCCCOc1ccccc1. The van der Waals surface area contributed by atoms with Crippen molar-refractivity contribution >= 4 is 28.2 Å². The number of thiophene rings is 1. The first-order valence-corrected chi connectivity index (χ1v) is 9.36. The number of furan rings is 1. The van der Waals surface area contributed by atoms with Gasteiger partial charge < -0.3 is 19.8 Å². The van der Waals surface area contributed by atoms with E-state index in [9.17, 15) is 9.59 Å². The highest BCUT2D eigenvalue weighted by Gasteiger charge is 2.16. The number of amides is 2. The zero-order valence-corrected chi connectivity index (χ0v) is 15.7. The number of rotatable bonds is 8. The number of nitrogens with one attached hydrogen (secondary N) is 2. The summed E-state index contributed by atoms with van der Waals surface area (Å²) in [5.74, 6) is 0.544. The summed E-state index contributed by atoms with van der Waals surface area (Å²) in [5, 5.41) is 6.22. The van der Waals surface area contributed by atoms with E-state index >= 15 is 0 Å². The molecule has 7 heteroatoms. The number of hydrogen-bond donors (Lipinski definition) is 2. The molecule has 3 aromatic rings. The zero-order valence-electron chi connectivity index (χ0n) is 14.9. The van der Waals surface area contributed by atoms with Crippen molar-refractivity contribution in [1.82, 2.24) is 5.32 Å². The summed E-state index contributed by atoms with van der Waals surface area (Å²) in [6, 6.07) is 14.6.